The highest BCUT2D eigenvalue weighted by atomic mass is 16.1. The van der Waals surface area contributed by atoms with Crippen LogP contribution in [-0.2, 0) is 6.42 Å². The lowest BCUT2D eigenvalue weighted by molar-refractivity contribution is 0.0949. The number of carbonyl (C=O) groups is 1. The van der Waals surface area contributed by atoms with E-state index in [4.69, 9.17) is 0 Å². The van der Waals surface area contributed by atoms with Crippen molar-refractivity contribution in [1.82, 2.24) is 19.6 Å². The van der Waals surface area contributed by atoms with E-state index in [1.807, 2.05) is 42.9 Å². The summed E-state index contributed by atoms with van der Waals surface area (Å²) in [4.78, 5) is 19.1. The number of rotatable bonds is 7. The fourth-order valence-corrected chi connectivity index (χ4v) is 2.46. The monoisotopic (exact) mass is 302 g/mol. The highest BCUT2D eigenvalue weighted by molar-refractivity contribution is 5.99. The van der Waals surface area contributed by atoms with E-state index in [1.54, 1.807) is 0 Å². The maximum atomic E-state index is 12.4. The summed E-state index contributed by atoms with van der Waals surface area (Å²) in [7, 11) is 4.06. The Morgan fingerprint density at radius 3 is 2.82 bits per heavy atom. The van der Waals surface area contributed by atoms with Crippen molar-refractivity contribution in [2.24, 2.45) is 5.92 Å². The SMILES string of the molecule is CC(C)Cc1nc(C(=O)NCCCN(C)C)c2ccccn12. The number of pyridine rings is 1. The standard InChI is InChI=1S/C17H26N4O/c1-13(2)12-15-19-16(14-8-5-6-11-21(14)15)17(22)18-9-7-10-20(3)4/h5-6,8,11,13H,7,9-10,12H2,1-4H3,(H,18,22). The molecule has 0 unspecified atom stereocenters. The summed E-state index contributed by atoms with van der Waals surface area (Å²) in [5.74, 6) is 1.36. The van der Waals surface area contributed by atoms with Crippen molar-refractivity contribution in [3.63, 3.8) is 0 Å². The van der Waals surface area contributed by atoms with E-state index in [0.29, 0.717) is 18.2 Å². The van der Waals surface area contributed by atoms with Gasteiger partial charge in [-0.25, -0.2) is 4.98 Å². The minimum absolute atomic E-state index is 0.0857. The molecule has 0 radical (unpaired) electrons. The first-order valence-corrected chi connectivity index (χ1v) is 7.88. The number of imidazole rings is 1. The molecule has 0 fully saturated rings. The molecule has 1 amide bonds. The van der Waals surface area contributed by atoms with Crippen LogP contribution in [0.4, 0.5) is 0 Å². The molecule has 0 aliphatic rings. The van der Waals surface area contributed by atoms with Crippen LogP contribution in [0.25, 0.3) is 5.52 Å². The maximum Gasteiger partial charge on any atom is 0.272 e. The summed E-state index contributed by atoms with van der Waals surface area (Å²) in [6, 6.07) is 5.86. The van der Waals surface area contributed by atoms with Gasteiger partial charge in [-0.2, -0.15) is 0 Å². The molecular weight excluding hydrogens is 276 g/mol. The number of aromatic nitrogens is 2. The van der Waals surface area contributed by atoms with E-state index >= 15 is 0 Å². The quantitative estimate of drug-likeness (QED) is 0.798. The number of fused-ring (bicyclic) bond motifs is 1. The van der Waals surface area contributed by atoms with Gasteiger partial charge < -0.3 is 14.6 Å². The third kappa shape index (κ3) is 4.07. The van der Waals surface area contributed by atoms with E-state index in [9.17, 15) is 4.79 Å². The Hall–Kier alpha value is -1.88. The van der Waals surface area contributed by atoms with Crippen LogP contribution in [0.2, 0.25) is 0 Å². The van der Waals surface area contributed by atoms with E-state index < -0.39 is 0 Å². The molecule has 0 aliphatic heterocycles. The zero-order chi connectivity index (χ0) is 16.1. The molecule has 120 valence electrons. The van der Waals surface area contributed by atoms with Gasteiger partial charge in [-0.15, -0.1) is 0 Å². The first kappa shape index (κ1) is 16.5. The fourth-order valence-electron chi connectivity index (χ4n) is 2.46. The molecule has 0 bridgehead atoms. The molecule has 0 atom stereocenters. The Balaban J connectivity index is 2.14. The van der Waals surface area contributed by atoms with Crippen molar-refractivity contribution in [3.05, 3.63) is 35.9 Å². The summed E-state index contributed by atoms with van der Waals surface area (Å²) in [6.45, 7) is 5.95. The summed E-state index contributed by atoms with van der Waals surface area (Å²) in [5, 5.41) is 2.97. The summed E-state index contributed by atoms with van der Waals surface area (Å²) >= 11 is 0. The molecule has 5 nitrogen and oxygen atoms in total. The Labute approximate surface area is 132 Å². The molecule has 0 saturated heterocycles. The van der Waals surface area contributed by atoms with E-state index in [-0.39, 0.29) is 5.91 Å². The van der Waals surface area contributed by atoms with Gasteiger partial charge >= 0.3 is 0 Å². The molecule has 1 N–H and O–H groups in total. The number of hydrogen-bond acceptors (Lipinski definition) is 3. The lowest BCUT2D eigenvalue weighted by atomic mass is 10.1. The van der Waals surface area contributed by atoms with Gasteiger partial charge in [-0.3, -0.25) is 4.79 Å². The molecule has 2 aromatic heterocycles. The molecule has 0 spiro atoms. The van der Waals surface area contributed by atoms with Crippen LogP contribution in [0.1, 0.15) is 36.6 Å². The largest absolute Gasteiger partial charge is 0.351 e. The van der Waals surface area contributed by atoms with Crippen molar-refractivity contribution in [2.45, 2.75) is 26.7 Å². The highest BCUT2D eigenvalue weighted by Gasteiger charge is 2.17. The predicted octanol–water partition coefficient (Wildman–Crippen LogP) is 2.21. The minimum Gasteiger partial charge on any atom is -0.351 e. The van der Waals surface area contributed by atoms with Gasteiger partial charge in [0, 0.05) is 19.2 Å². The van der Waals surface area contributed by atoms with Crippen LogP contribution in [0.5, 0.6) is 0 Å². The van der Waals surface area contributed by atoms with Crippen LogP contribution in [0.3, 0.4) is 0 Å². The molecule has 2 aromatic rings. The first-order chi connectivity index (χ1) is 10.5. The average Bonchev–Trinajstić information content (AvgIpc) is 2.82. The van der Waals surface area contributed by atoms with Crippen LogP contribution in [0.15, 0.2) is 24.4 Å². The van der Waals surface area contributed by atoms with Crippen molar-refractivity contribution < 1.29 is 4.79 Å². The van der Waals surface area contributed by atoms with Crippen molar-refractivity contribution in [3.8, 4) is 0 Å². The Bertz CT molecular complexity index is 631. The number of nitrogens with zero attached hydrogens (tertiary/aromatic N) is 3. The average molecular weight is 302 g/mol. The van der Waals surface area contributed by atoms with Crippen molar-refractivity contribution in [1.29, 1.82) is 0 Å². The van der Waals surface area contributed by atoms with Gasteiger partial charge in [0.15, 0.2) is 5.69 Å². The van der Waals surface area contributed by atoms with Gasteiger partial charge in [-0.1, -0.05) is 19.9 Å². The van der Waals surface area contributed by atoms with E-state index in [1.165, 1.54) is 0 Å². The van der Waals surface area contributed by atoms with Gasteiger partial charge in [-0.05, 0) is 45.1 Å². The van der Waals surface area contributed by atoms with Crippen LogP contribution in [-0.4, -0.2) is 47.4 Å². The Kier molecular flexibility index (Phi) is 5.55. The lowest BCUT2D eigenvalue weighted by Crippen LogP contribution is -2.27. The van der Waals surface area contributed by atoms with Crippen molar-refractivity contribution in [2.75, 3.05) is 27.2 Å². The molecule has 2 heterocycles. The molecule has 0 aliphatic carbocycles. The maximum absolute atomic E-state index is 12.4. The smallest absolute Gasteiger partial charge is 0.272 e. The summed E-state index contributed by atoms with van der Waals surface area (Å²) < 4.78 is 2.02. The second kappa shape index (κ2) is 7.40. The summed E-state index contributed by atoms with van der Waals surface area (Å²) in [6.07, 6.45) is 3.77. The van der Waals surface area contributed by atoms with Crippen LogP contribution >= 0.6 is 0 Å². The second-order valence-corrected chi connectivity index (χ2v) is 6.34. The normalized spacial score (nSPS) is 11.5. The number of amides is 1. The molecule has 0 aromatic carbocycles. The molecular formula is C17H26N4O. The van der Waals surface area contributed by atoms with Gasteiger partial charge in [0.1, 0.15) is 5.82 Å². The number of carbonyl (C=O) groups excluding carboxylic acids is 1. The van der Waals surface area contributed by atoms with Gasteiger partial charge in [0.05, 0.1) is 5.52 Å². The third-order valence-electron chi connectivity index (χ3n) is 3.49. The van der Waals surface area contributed by atoms with Crippen molar-refractivity contribution >= 4 is 11.4 Å². The Morgan fingerprint density at radius 2 is 2.14 bits per heavy atom. The van der Waals surface area contributed by atoms with Gasteiger partial charge in [0.25, 0.3) is 5.91 Å². The number of hydrogen-bond donors (Lipinski definition) is 1. The predicted molar refractivity (Wildman–Crippen MR) is 89.2 cm³/mol. The van der Waals surface area contributed by atoms with Crippen LogP contribution < -0.4 is 5.32 Å². The number of nitrogens with one attached hydrogen (secondary N) is 1. The third-order valence-corrected chi connectivity index (χ3v) is 3.49. The highest BCUT2D eigenvalue weighted by Crippen LogP contribution is 2.15. The first-order valence-electron chi connectivity index (χ1n) is 7.88. The van der Waals surface area contributed by atoms with Crippen LogP contribution in [0, 0.1) is 5.92 Å². The van der Waals surface area contributed by atoms with E-state index in [0.717, 1.165) is 30.7 Å². The molecule has 22 heavy (non-hydrogen) atoms. The molecule has 0 saturated carbocycles. The molecule has 2 rings (SSSR count). The Morgan fingerprint density at radius 1 is 1.36 bits per heavy atom. The lowest BCUT2D eigenvalue weighted by Gasteiger charge is -2.09. The zero-order valence-electron chi connectivity index (χ0n) is 14.0. The summed E-state index contributed by atoms with van der Waals surface area (Å²) in [5.41, 5.74) is 1.41. The second-order valence-electron chi connectivity index (χ2n) is 6.34. The zero-order valence-corrected chi connectivity index (χ0v) is 14.0. The fraction of sp³-hybridized carbons (Fsp3) is 0.529. The van der Waals surface area contributed by atoms with E-state index in [2.05, 4.69) is 29.0 Å². The molecule has 5 heteroatoms. The topological polar surface area (TPSA) is 49.6 Å². The minimum atomic E-state index is -0.0857. The van der Waals surface area contributed by atoms with Gasteiger partial charge in [0.2, 0.25) is 0 Å².